The van der Waals surface area contributed by atoms with E-state index in [2.05, 4.69) is 9.97 Å². The zero-order chi connectivity index (χ0) is 13.3. The highest BCUT2D eigenvalue weighted by molar-refractivity contribution is 7.71. The molecule has 0 amide bonds. The van der Waals surface area contributed by atoms with Crippen LogP contribution in [0.25, 0.3) is 11.3 Å². The number of aryl methyl sites for hydroxylation is 2. The molecule has 0 unspecified atom stereocenters. The molecule has 0 radical (unpaired) electrons. The van der Waals surface area contributed by atoms with E-state index < -0.39 is 5.82 Å². The normalized spacial score (nSPS) is 10.4. The summed E-state index contributed by atoms with van der Waals surface area (Å²) in [5.74, 6) is -0.266. The number of aromatic amines is 1. The lowest BCUT2D eigenvalue weighted by molar-refractivity contribution is 0.387. The van der Waals surface area contributed by atoms with E-state index in [1.807, 2.05) is 13.8 Å². The molecule has 0 saturated carbocycles. The Morgan fingerprint density at radius 1 is 1.33 bits per heavy atom. The van der Waals surface area contributed by atoms with Crippen LogP contribution in [0.2, 0.25) is 0 Å². The number of H-pyrrole nitrogens is 1. The first kappa shape index (κ1) is 12.7. The number of methoxy groups -OCH3 is 1. The molecule has 0 saturated heterocycles. The Morgan fingerprint density at radius 2 is 2.06 bits per heavy atom. The number of nitrogens with one attached hydrogen (secondary N) is 1. The smallest absolute Gasteiger partial charge is 0.174 e. The van der Waals surface area contributed by atoms with Crippen molar-refractivity contribution in [1.82, 2.24) is 9.97 Å². The zero-order valence-corrected chi connectivity index (χ0v) is 11.2. The highest BCUT2D eigenvalue weighted by atomic mass is 32.1. The van der Waals surface area contributed by atoms with Crippen molar-refractivity contribution >= 4 is 12.2 Å². The molecule has 18 heavy (non-hydrogen) atoms. The van der Waals surface area contributed by atoms with Crippen molar-refractivity contribution in [1.29, 1.82) is 0 Å². The van der Waals surface area contributed by atoms with Crippen LogP contribution in [0.4, 0.5) is 4.39 Å². The molecule has 0 aliphatic heterocycles. The van der Waals surface area contributed by atoms with E-state index >= 15 is 0 Å². The summed E-state index contributed by atoms with van der Waals surface area (Å²) in [5.41, 5.74) is 2.45. The summed E-state index contributed by atoms with van der Waals surface area (Å²) in [6, 6.07) is 4.91. The van der Waals surface area contributed by atoms with Crippen LogP contribution < -0.4 is 4.74 Å². The standard InChI is InChI=1S/C13H13FN2OS/c1-7-8(2)16-13(18)12(15-7)9-5-4-6-10(17-3)11(9)14/h4-6H,1-3H3,(H,16,18). The van der Waals surface area contributed by atoms with Gasteiger partial charge in [0.15, 0.2) is 11.6 Å². The van der Waals surface area contributed by atoms with Gasteiger partial charge in [0.1, 0.15) is 10.3 Å². The van der Waals surface area contributed by atoms with Gasteiger partial charge < -0.3 is 9.72 Å². The molecule has 94 valence electrons. The molecule has 1 aromatic heterocycles. The number of rotatable bonds is 2. The molecule has 0 bridgehead atoms. The van der Waals surface area contributed by atoms with Crippen LogP contribution in [0.3, 0.4) is 0 Å². The molecule has 2 rings (SSSR count). The second kappa shape index (κ2) is 4.86. The van der Waals surface area contributed by atoms with E-state index in [1.165, 1.54) is 7.11 Å². The summed E-state index contributed by atoms with van der Waals surface area (Å²) in [5, 5.41) is 0. The molecule has 0 aliphatic rings. The van der Waals surface area contributed by atoms with Crippen molar-refractivity contribution in [2.75, 3.05) is 7.11 Å². The second-order valence-corrected chi connectivity index (χ2v) is 4.36. The van der Waals surface area contributed by atoms with Gasteiger partial charge in [0.25, 0.3) is 0 Å². The first-order valence-electron chi connectivity index (χ1n) is 5.45. The van der Waals surface area contributed by atoms with Crippen molar-refractivity contribution in [3.05, 3.63) is 40.0 Å². The SMILES string of the molecule is COc1cccc(-c2nc(C)c(C)[nH]c2=S)c1F. The lowest BCUT2D eigenvalue weighted by atomic mass is 10.1. The molecular formula is C13H13FN2OS. The third kappa shape index (κ3) is 2.13. The lowest BCUT2D eigenvalue weighted by Crippen LogP contribution is -1.99. The van der Waals surface area contributed by atoms with Gasteiger partial charge in [0.2, 0.25) is 0 Å². The summed E-state index contributed by atoms with van der Waals surface area (Å²) in [6.45, 7) is 3.73. The minimum Gasteiger partial charge on any atom is -0.494 e. The molecule has 3 nitrogen and oxygen atoms in total. The minimum atomic E-state index is -0.449. The Balaban J connectivity index is 2.70. The van der Waals surface area contributed by atoms with Gasteiger partial charge in [0, 0.05) is 11.3 Å². The van der Waals surface area contributed by atoms with Gasteiger partial charge in [-0.25, -0.2) is 9.37 Å². The van der Waals surface area contributed by atoms with Crippen molar-refractivity contribution in [2.24, 2.45) is 0 Å². The van der Waals surface area contributed by atoms with Crippen molar-refractivity contribution < 1.29 is 9.13 Å². The number of hydrogen-bond acceptors (Lipinski definition) is 3. The number of hydrogen-bond donors (Lipinski definition) is 1. The van der Waals surface area contributed by atoms with E-state index in [1.54, 1.807) is 18.2 Å². The van der Waals surface area contributed by atoms with Crippen molar-refractivity contribution in [2.45, 2.75) is 13.8 Å². The first-order valence-corrected chi connectivity index (χ1v) is 5.85. The number of benzene rings is 1. The van der Waals surface area contributed by atoms with Crippen LogP contribution in [0.1, 0.15) is 11.4 Å². The molecule has 2 aromatic rings. The topological polar surface area (TPSA) is 37.9 Å². The zero-order valence-electron chi connectivity index (χ0n) is 10.4. The number of ether oxygens (including phenoxy) is 1. The second-order valence-electron chi connectivity index (χ2n) is 3.95. The average molecular weight is 264 g/mol. The van der Waals surface area contributed by atoms with Crippen LogP contribution in [0, 0.1) is 24.3 Å². The predicted octanol–water partition coefficient (Wildman–Crippen LogP) is 3.57. The first-order chi connectivity index (χ1) is 8.54. The fourth-order valence-electron chi connectivity index (χ4n) is 1.66. The molecule has 1 N–H and O–H groups in total. The predicted molar refractivity (Wildman–Crippen MR) is 70.8 cm³/mol. The summed E-state index contributed by atoms with van der Waals surface area (Å²) in [7, 11) is 1.43. The Kier molecular flexibility index (Phi) is 3.43. The maximum Gasteiger partial charge on any atom is 0.174 e. The molecule has 0 fully saturated rings. The number of aromatic nitrogens is 2. The summed E-state index contributed by atoms with van der Waals surface area (Å²) in [6.07, 6.45) is 0. The molecule has 5 heteroatoms. The van der Waals surface area contributed by atoms with E-state index in [-0.39, 0.29) is 5.75 Å². The van der Waals surface area contributed by atoms with Gasteiger partial charge in [-0.15, -0.1) is 0 Å². The third-order valence-corrected chi connectivity index (χ3v) is 3.07. The molecule has 1 heterocycles. The Bertz CT molecular complexity index is 652. The molecule has 0 atom stereocenters. The van der Waals surface area contributed by atoms with E-state index in [9.17, 15) is 4.39 Å². The van der Waals surface area contributed by atoms with Crippen molar-refractivity contribution in [3.63, 3.8) is 0 Å². The monoisotopic (exact) mass is 264 g/mol. The minimum absolute atomic E-state index is 0.182. The van der Waals surface area contributed by atoms with Crippen LogP contribution in [0.15, 0.2) is 18.2 Å². The van der Waals surface area contributed by atoms with Gasteiger partial charge in [-0.05, 0) is 26.0 Å². The van der Waals surface area contributed by atoms with Gasteiger partial charge in [-0.1, -0.05) is 18.3 Å². The quantitative estimate of drug-likeness (QED) is 0.843. The third-order valence-electron chi connectivity index (χ3n) is 2.78. The summed E-state index contributed by atoms with van der Waals surface area (Å²) in [4.78, 5) is 7.36. The molecule has 1 aromatic carbocycles. The van der Waals surface area contributed by atoms with Gasteiger partial charge in [-0.2, -0.15) is 0 Å². The average Bonchev–Trinajstić information content (AvgIpc) is 2.34. The van der Waals surface area contributed by atoms with E-state index in [0.29, 0.717) is 15.9 Å². The maximum atomic E-state index is 14.1. The Labute approximate surface area is 110 Å². The van der Waals surface area contributed by atoms with Crippen LogP contribution >= 0.6 is 12.2 Å². The Hall–Kier alpha value is -1.75. The number of nitrogens with zero attached hydrogens (tertiary/aromatic N) is 1. The van der Waals surface area contributed by atoms with Crippen LogP contribution in [0.5, 0.6) is 5.75 Å². The van der Waals surface area contributed by atoms with E-state index in [0.717, 1.165) is 11.4 Å². The lowest BCUT2D eigenvalue weighted by Gasteiger charge is -2.09. The number of halogens is 1. The molecule has 0 aliphatic carbocycles. The molecule has 0 spiro atoms. The van der Waals surface area contributed by atoms with Gasteiger partial charge >= 0.3 is 0 Å². The largest absolute Gasteiger partial charge is 0.494 e. The van der Waals surface area contributed by atoms with Crippen LogP contribution in [-0.4, -0.2) is 17.1 Å². The van der Waals surface area contributed by atoms with E-state index in [4.69, 9.17) is 17.0 Å². The highest BCUT2D eigenvalue weighted by Crippen LogP contribution is 2.28. The maximum absolute atomic E-state index is 14.1. The Morgan fingerprint density at radius 3 is 2.72 bits per heavy atom. The summed E-state index contributed by atoms with van der Waals surface area (Å²) >= 11 is 5.19. The van der Waals surface area contributed by atoms with Crippen molar-refractivity contribution in [3.8, 4) is 17.0 Å². The van der Waals surface area contributed by atoms with Crippen LogP contribution in [-0.2, 0) is 0 Å². The fourth-order valence-corrected chi connectivity index (χ4v) is 1.96. The highest BCUT2D eigenvalue weighted by Gasteiger charge is 2.13. The fraction of sp³-hybridized carbons (Fsp3) is 0.231. The molecular weight excluding hydrogens is 251 g/mol. The van der Waals surface area contributed by atoms with Gasteiger partial charge in [0.05, 0.1) is 12.8 Å². The summed E-state index contributed by atoms with van der Waals surface area (Å²) < 4.78 is 19.5. The van der Waals surface area contributed by atoms with Gasteiger partial charge in [-0.3, -0.25) is 0 Å².